The summed E-state index contributed by atoms with van der Waals surface area (Å²) in [4.78, 5) is 10.5. The Kier molecular flexibility index (Phi) is 4.30. The van der Waals surface area contributed by atoms with Crippen LogP contribution in [0.25, 0.3) is 0 Å². The molecule has 5 heteroatoms. The third-order valence-corrected chi connectivity index (χ3v) is 2.79. The highest BCUT2D eigenvalue weighted by molar-refractivity contribution is 5.70. The summed E-state index contributed by atoms with van der Waals surface area (Å²) < 4.78 is 25.8. The summed E-state index contributed by atoms with van der Waals surface area (Å²) in [5.41, 5.74) is 2.12. The molecular formula is C15H13F2NO2. The van der Waals surface area contributed by atoms with Gasteiger partial charge in [-0.15, -0.1) is 0 Å². The first-order valence-electron chi connectivity index (χ1n) is 6.03. The number of halogens is 2. The molecule has 0 aliphatic carbocycles. The van der Waals surface area contributed by atoms with Crippen LogP contribution >= 0.6 is 0 Å². The van der Waals surface area contributed by atoms with E-state index in [1.54, 1.807) is 24.3 Å². The normalized spacial score (nSPS) is 10.3. The summed E-state index contributed by atoms with van der Waals surface area (Å²) in [6.07, 6.45) is -0.0170. The number of nitrogens with one attached hydrogen (secondary N) is 1. The summed E-state index contributed by atoms with van der Waals surface area (Å²) in [6.45, 7) is 0.443. The van der Waals surface area contributed by atoms with E-state index in [9.17, 15) is 13.6 Å². The first-order valence-corrected chi connectivity index (χ1v) is 6.03. The molecule has 0 saturated heterocycles. The lowest BCUT2D eigenvalue weighted by Gasteiger charge is -2.07. The van der Waals surface area contributed by atoms with Gasteiger partial charge in [-0.1, -0.05) is 24.3 Å². The van der Waals surface area contributed by atoms with E-state index in [0.717, 1.165) is 17.7 Å². The highest BCUT2D eigenvalue weighted by Gasteiger charge is 2.03. The third kappa shape index (κ3) is 3.78. The molecule has 0 bridgehead atoms. The summed E-state index contributed by atoms with van der Waals surface area (Å²) >= 11 is 0. The van der Waals surface area contributed by atoms with Crippen LogP contribution in [0.4, 0.5) is 14.5 Å². The number of hydrogen-bond acceptors (Lipinski definition) is 2. The van der Waals surface area contributed by atoms with Gasteiger partial charge in [0.1, 0.15) is 0 Å². The van der Waals surface area contributed by atoms with Gasteiger partial charge in [0.15, 0.2) is 11.6 Å². The van der Waals surface area contributed by atoms with Gasteiger partial charge in [0.05, 0.1) is 6.42 Å². The van der Waals surface area contributed by atoms with Crippen LogP contribution in [-0.4, -0.2) is 11.1 Å². The highest BCUT2D eigenvalue weighted by atomic mass is 19.2. The molecule has 0 saturated carbocycles. The Labute approximate surface area is 114 Å². The van der Waals surface area contributed by atoms with E-state index in [-0.39, 0.29) is 6.42 Å². The Bertz CT molecular complexity index is 612. The molecule has 0 unspecified atom stereocenters. The van der Waals surface area contributed by atoms with Crippen molar-refractivity contribution in [2.45, 2.75) is 13.0 Å². The second-order valence-corrected chi connectivity index (χ2v) is 4.37. The van der Waals surface area contributed by atoms with Crippen molar-refractivity contribution in [3.05, 3.63) is 65.2 Å². The van der Waals surface area contributed by atoms with Crippen molar-refractivity contribution in [3.63, 3.8) is 0 Å². The minimum atomic E-state index is -0.896. The van der Waals surface area contributed by atoms with Crippen molar-refractivity contribution in [1.29, 1.82) is 0 Å². The predicted octanol–water partition coefficient (Wildman–Crippen LogP) is 3.20. The van der Waals surface area contributed by atoms with Crippen LogP contribution in [0.5, 0.6) is 0 Å². The molecule has 104 valence electrons. The summed E-state index contributed by atoms with van der Waals surface area (Å²) in [5, 5.41) is 11.6. The van der Waals surface area contributed by atoms with Gasteiger partial charge in [0.2, 0.25) is 0 Å². The highest BCUT2D eigenvalue weighted by Crippen LogP contribution is 2.14. The summed E-state index contributed by atoms with van der Waals surface area (Å²) in [5.74, 6) is -2.65. The van der Waals surface area contributed by atoms with Gasteiger partial charge >= 0.3 is 5.97 Å². The van der Waals surface area contributed by atoms with Gasteiger partial charge < -0.3 is 10.4 Å². The Morgan fingerprint density at radius 3 is 2.25 bits per heavy atom. The van der Waals surface area contributed by atoms with Crippen molar-refractivity contribution in [3.8, 4) is 0 Å². The second kappa shape index (κ2) is 6.14. The fourth-order valence-electron chi connectivity index (χ4n) is 1.76. The molecule has 2 aromatic rings. The number of carboxylic acids is 1. The second-order valence-electron chi connectivity index (χ2n) is 4.37. The van der Waals surface area contributed by atoms with Crippen LogP contribution in [0.1, 0.15) is 11.1 Å². The minimum Gasteiger partial charge on any atom is -0.481 e. The van der Waals surface area contributed by atoms with Crippen LogP contribution in [0.15, 0.2) is 42.5 Å². The number of carbonyl (C=O) groups is 1. The van der Waals surface area contributed by atoms with E-state index in [0.29, 0.717) is 17.8 Å². The van der Waals surface area contributed by atoms with E-state index in [1.807, 2.05) is 0 Å². The lowest BCUT2D eigenvalue weighted by molar-refractivity contribution is -0.136. The van der Waals surface area contributed by atoms with Crippen LogP contribution in [0, 0.1) is 11.6 Å². The molecule has 0 fully saturated rings. The van der Waals surface area contributed by atoms with Crippen LogP contribution in [0.3, 0.4) is 0 Å². The van der Waals surface area contributed by atoms with Gasteiger partial charge in [0.25, 0.3) is 0 Å². The van der Waals surface area contributed by atoms with Crippen molar-refractivity contribution < 1.29 is 18.7 Å². The van der Waals surface area contributed by atoms with Crippen LogP contribution in [-0.2, 0) is 17.8 Å². The number of aliphatic carboxylic acids is 1. The number of rotatable bonds is 5. The van der Waals surface area contributed by atoms with Crippen molar-refractivity contribution in [2.24, 2.45) is 0 Å². The lowest BCUT2D eigenvalue weighted by atomic mass is 10.1. The van der Waals surface area contributed by atoms with Gasteiger partial charge in [-0.25, -0.2) is 8.78 Å². The number of carboxylic acid groups (broad SMARTS) is 1. The topological polar surface area (TPSA) is 49.3 Å². The molecule has 0 heterocycles. The van der Waals surface area contributed by atoms with Gasteiger partial charge in [-0.2, -0.15) is 0 Å². The molecule has 0 aromatic heterocycles. The minimum absolute atomic E-state index is 0.0170. The van der Waals surface area contributed by atoms with Crippen molar-refractivity contribution in [1.82, 2.24) is 0 Å². The smallest absolute Gasteiger partial charge is 0.307 e. The molecule has 0 atom stereocenters. The molecule has 0 aliphatic heterocycles. The fourth-order valence-corrected chi connectivity index (χ4v) is 1.76. The fraction of sp³-hybridized carbons (Fsp3) is 0.133. The average Bonchev–Trinajstić information content (AvgIpc) is 2.41. The largest absolute Gasteiger partial charge is 0.481 e. The third-order valence-electron chi connectivity index (χ3n) is 2.79. The maximum Gasteiger partial charge on any atom is 0.307 e. The molecule has 2 aromatic carbocycles. The summed E-state index contributed by atoms with van der Waals surface area (Å²) in [6, 6.07) is 10.7. The average molecular weight is 277 g/mol. The Balaban J connectivity index is 1.96. The van der Waals surface area contributed by atoms with Gasteiger partial charge in [-0.05, 0) is 23.3 Å². The number of hydrogen-bond donors (Lipinski definition) is 2. The molecule has 20 heavy (non-hydrogen) atoms. The summed E-state index contributed by atoms with van der Waals surface area (Å²) in [7, 11) is 0. The maximum absolute atomic E-state index is 13.0. The SMILES string of the molecule is O=C(O)Cc1ccc(CNc2ccc(F)c(F)c2)cc1. The molecule has 0 spiro atoms. The van der Waals surface area contributed by atoms with E-state index in [4.69, 9.17) is 5.11 Å². The van der Waals surface area contributed by atoms with Gasteiger partial charge in [0, 0.05) is 18.3 Å². The Morgan fingerprint density at radius 2 is 1.65 bits per heavy atom. The van der Waals surface area contributed by atoms with E-state index >= 15 is 0 Å². The number of anilines is 1. The quantitative estimate of drug-likeness (QED) is 0.882. The van der Waals surface area contributed by atoms with E-state index < -0.39 is 17.6 Å². The molecule has 0 radical (unpaired) electrons. The van der Waals surface area contributed by atoms with Crippen LogP contribution < -0.4 is 5.32 Å². The zero-order chi connectivity index (χ0) is 14.5. The Hall–Kier alpha value is -2.43. The van der Waals surface area contributed by atoms with Crippen molar-refractivity contribution in [2.75, 3.05) is 5.32 Å². The van der Waals surface area contributed by atoms with Crippen LogP contribution in [0.2, 0.25) is 0 Å². The number of benzene rings is 2. The molecule has 0 amide bonds. The molecule has 2 N–H and O–H groups in total. The molecule has 0 aliphatic rings. The van der Waals surface area contributed by atoms with Crippen molar-refractivity contribution >= 4 is 11.7 Å². The first-order chi connectivity index (χ1) is 9.54. The first kappa shape index (κ1) is 14.0. The Morgan fingerprint density at radius 1 is 1.00 bits per heavy atom. The zero-order valence-corrected chi connectivity index (χ0v) is 10.6. The molecule has 3 nitrogen and oxygen atoms in total. The predicted molar refractivity (Wildman–Crippen MR) is 71.5 cm³/mol. The monoisotopic (exact) mass is 277 g/mol. The van der Waals surface area contributed by atoms with Gasteiger partial charge in [-0.3, -0.25) is 4.79 Å². The van der Waals surface area contributed by atoms with E-state index in [1.165, 1.54) is 6.07 Å². The standard InChI is InChI=1S/C15H13F2NO2/c16-13-6-5-12(8-14(13)17)18-9-11-3-1-10(2-4-11)7-15(19)20/h1-6,8,18H,7,9H2,(H,19,20). The zero-order valence-electron chi connectivity index (χ0n) is 10.6. The molecule has 2 rings (SSSR count). The van der Waals surface area contributed by atoms with E-state index in [2.05, 4.69) is 5.32 Å². The lowest BCUT2D eigenvalue weighted by Crippen LogP contribution is -2.02. The molecular weight excluding hydrogens is 264 g/mol. The maximum atomic E-state index is 13.0.